The molecule has 1 aromatic heterocycles. The lowest BCUT2D eigenvalue weighted by Gasteiger charge is -2.36. The number of carbonyl (C=O) groups excluding carboxylic acids is 1. The van der Waals surface area contributed by atoms with Crippen LogP contribution in [0.15, 0.2) is 29.6 Å². The Morgan fingerprint density at radius 2 is 2.00 bits per heavy atom. The van der Waals surface area contributed by atoms with Gasteiger partial charge >= 0.3 is 6.03 Å². The summed E-state index contributed by atoms with van der Waals surface area (Å²) < 4.78 is 5.29. The number of urea groups is 1. The standard InChI is InChI=1S/C20H28N4O2S/c1-20(2,3)22-19(25)24-10-8-23(9-11-24)13-18-21-17(14-27-18)15-6-5-7-16(12-15)26-4/h5-7,12,14H,8-11,13H2,1-4H3,(H,22,25). The van der Waals surface area contributed by atoms with Crippen LogP contribution in [0.1, 0.15) is 25.8 Å². The van der Waals surface area contributed by atoms with Crippen molar-refractivity contribution in [1.29, 1.82) is 0 Å². The maximum atomic E-state index is 12.3. The maximum Gasteiger partial charge on any atom is 0.317 e. The number of hydrogen-bond donors (Lipinski definition) is 1. The first-order valence-electron chi connectivity index (χ1n) is 9.22. The number of methoxy groups -OCH3 is 1. The Bertz CT molecular complexity index is 776. The number of benzene rings is 1. The lowest BCUT2D eigenvalue weighted by atomic mass is 10.1. The van der Waals surface area contributed by atoms with Gasteiger partial charge in [-0.3, -0.25) is 4.90 Å². The van der Waals surface area contributed by atoms with E-state index in [1.165, 1.54) is 0 Å². The van der Waals surface area contributed by atoms with Crippen molar-refractivity contribution in [1.82, 2.24) is 20.1 Å². The van der Waals surface area contributed by atoms with E-state index in [1.807, 2.05) is 49.9 Å². The molecule has 0 bridgehead atoms. The van der Waals surface area contributed by atoms with E-state index in [1.54, 1.807) is 18.4 Å². The molecule has 0 saturated carbocycles. The second kappa shape index (κ2) is 8.27. The van der Waals surface area contributed by atoms with Gasteiger partial charge in [0, 0.05) is 42.7 Å². The molecule has 0 spiro atoms. The molecule has 2 aromatic rings. The number of nitrogens with zero attached hydrogens (tertiary/aromatic N) is 3. The van der Waals surface area contributed by atoms with Crippen LogP contribution in [0.3, 0.4) is 0 Å². The van der Waals surface area contributed by atoms with Gasteiger partial charge in [-0.15, -0.1) is 11.3 Å². The van der Waals surface area contributed by atoms with E-state index >= 15 is 0 Å². The highest BCUT2D eigenvalue weighted by molar-refractivity contribution is 7.09. The minimum Gasteiger partial charge on any atom is -0.497 e. The van der Waals surface area contributed by atoms with Crippen molar-refractivity contribution in [2.24, 2.45) is 0 Å². The highest BCUT2D eigenvalue weighted by Gasteiger charge is 2.24. The Hall–Kier alpha value is -2.12. The van der Waals surface area contributed by atoms with Crippen LogP contribution < -0.4 is 10.1 Å². The molecule has 0 unspecified atom stereocenters. The molecule has 0 radical (unpaired) electrons. The van der Waals surface area contributed by atoms with Crippen LogP contribution >= 0.6 is 11.3 Å². The van der Waals surface area contributed by atoms with Gasteiger partial charge in [0.2, 0.25) is 0 Å². The fraction of sp³-hybridized carbons (Fsp3) is 0.500. The number of hydrogen-bond acceptors (Lipinski definition) is 5. The summed E-state index contributed by atoms with van der Waals surface area (Å²) in [4.78, 5) is 21.3. The fourth-order valence-corrected chi connectivity index (χ4v) is 3.84. The summed E-state index contributed by atoms with van der Waals surface area (Å²) in [7, 11) is 1.67. The molecule has 2 heterocycles. The van der Waals surface area contributed by atoms with Gasteiger partial charge in [-0.2, -0.15) is 0 Å². The van der Waals surface area contributed by atoms with E-state index in [4.69, 9.17) is 9.72 Å². The molecule has 1 aliphatic rings. The minimum atomic E-state index is -0.203. The molecule has 1 fully saturated rings. The highest BCUT2D eigenvalue weighted by Crippen LogP contribution is 2.26. The van der Waals surface area contributed by atoms with Gasteiger partial charge in [0.1, 0.15) is 10.8 Å². The monoisotopic (exact) mass is 388 g/mol. The van der Waals surface area contributed by atoms with Crippen molar-refractivity contribution in [3.8, 4) is 17.0 Å². The summed E-state index contributed by atoms with van der Waals surface area (Å²) in [6.07, 6.45) is 0. The zero-order chi connectivity index (χ0) is 19.4. The topological polar surface area (TPSA) is 57.7 Å². The Labute approximate surface area is 165 Å². The van der Waals surface area contributed by atoms with Crippen LogP contribution in [0.5, 0.6) is 5.75 Å². The molecule has 1 aliphatic heterocycles. The summed E-state index contributed by atoms with van der Waals surface area (Å²) in [6.45, 7) is 10.1. The fourth-order valence-electron chi connectivity index (χ4n) is 3.00. The molecule has 7 heteroatoms. The Balaban J connectivity index is 1.54. The number of nitrogens with one attached hydrogen (secondary N) is 1. The molecule has 27 heavy (non-hydrogen) atoms. The van der Waals surface area contributed by atoms with E-state index in [0.717, 1.165) is 54.7 Å². The predicted octanol–water partition coefficient (Wildman–Crippen LogP) is 3.44. The van der Waals surface area contributed by atoms with Crippen molar-refractivity contribution in [2.45, 2.75) is 32.9 Å². The van der Waals surface area contributed by atoms with E-state index in [-0.39, 0.29) is 11.6 Å². The summed E-state index contributed by atoms with van der Waals surface area (Å²) >= 11 is 1.68. The molecule has 1 saturated heterocycles. The molecule has 1 aromatic carbocycles. The smallest absolute Gasteiger partial charge is 0.317 e. The summed E-state index contributed by atoms with van der Waals surface area (Å²) in [5.41, 5.74) is 1.85. The Morgan fingerprint density at radius 3 is 2.67 bits per heavy atom. The molecule has 2 amide bonds. The number of aromatic nitrogens is 1. The zero-order valence-corrected chi connectivity index (χ0v) is 17.3. The number of piperazine rings is 1. The molecule has 3 rings (SSSR count). The molecular weight excluding hydrogens is 360 g/mol. The lowest BCUT2D eigenvalue weighted by molar-refractivity contribution is 0.131. The van der Waals surface area contributed by atoms with Crippen LogP contribution in [-0.4, -0.2) is 59.6 Å². The first-order chi connectivity index (χ1) is 12.8. The van der Waals surface area contributed by atoms with Gasteiger partial charge in [-0.05, 0) is 32.9 Å². The van der Waals surface area contributed by atoms with Crippen LogP contribution in [0, 0.1) is 0 Å². The number of amides is 2. The first-order valence-corrected chi connectivity index (χ1v) is 10.1. The van der Waals surface area contributed by atoms with Crippen LogP contribution in [0.4, 0.5) is 4.79 Å². The third-order valence-corrected chi connectivity index (χ3v) is 5.25. The van der Waals surface area contributed by atoms with Crippen LogP contribution in [0.2, 0.25) is 0 Å². The summed E-state index contributed by atoms with van der Waals surface area (Å²) in [5, 5.41) is 6.22. The van der Waals surface area contributed by atoms with Gasteiger partial charge in [-0.1, -0.05) is 12.1 Å². The predicted molar refractivity (Wildman–Crippen MR) is 109 cm³/mol. The molecule has 6 nitrogen and oxygen atoms in total. The van der Waals surface area contributed by atoms with E-state index < -0.39 is 0 Å². The normalized spacial score (nSPS) is 15.6. The lowest BCUT2D eigenvalue weighted by Crippen LogP contribution is -2.54. The van der Waals surface area contributed by atoms with Crippen molar-refractivity contribution in [3.63, 3.8) is 0 Å². The van der Waals surface area contributed by atoms with Gasteiger partial charge in [-0.25, -0.2) is 9.78 Å². The van der Waals surface area contributed by atoms with Gasteiger partial charge in [0.25, 0.3) is 0 Å². The SMILES string of the molecule is COc1cccc(-c2csc(CN3CCN(C(=O)NC(C)(C)C)CC3)n2)c1. The van der Waals surface area contributed by atoms with E-state index in [2.05, 4.69) is 15.6 Å². The van der Waals surface area contributed by atoms with Crippen LogP contribution in [-0.2, 0) is 6.54 Å². The first kappa shape index (κ1) is 19.6. The summed E-state index contributed by atoms with van der Waals surface area (Å²) in [6, 6.07) is 8.00. The summed E-state index contributed by atoms with van der Waals surface area (Å²) in [5.74, 6) is 0.840. The van der Waals surface area contributed by atoms with Crippen molar-refractivity contribution < 1.29 is 9.53 Å². The molecule has 0 aliphatic carbocycles. The van der Waals surface area contributed by atoms with Crippen molar-refractivity contribution >= 4 is 17.4 Å². The van der Waals surface area contributed by atoms with Crippen molar-refractivity contribution in [2.75, 3.05) is 33.3 Å². The Morgan fingerprint density at radius 1 is 1.26 bits per heavy atom. The second-order valence-electron chi connectivity index (χ2n) is 7.80. The number of carbonyl (C=O) groups is 1. The third-order valence-electron chi connectivity index (χ3n) is 4.42. The largest absolute Gasteiger partial charge is 0.497 e. The second-order valence-corrected chi connectivity index (χ2v) is 8.74. The molecular formula is C20H28N4O2S. The molecule has 0 atom stereocenters. The molecule has 146 valence electrons. The highest BCUT2D eigenvalue weighted by atomic mass is 32.1. The number of thiazole rings is 1. The average molecular weight is 389 g/mol. The quantitative estimate of drug-likeness (QED) is 0.872. The van der Waals surface area contributed by atoms with Crippen LogP contribution in [0.25, 0.3) is 11.3 Å². The number of rotatable bonds is 4. The molecule has 1 N–H and O–H groups in total. The van der Waals surface area contributed by atoms with E-state index in [9.17, 15) is 4.79 Å². The maximum absolute atomic E-state index is 12.3. The Kier molecular flexibility index (Phi) is 6.01. The number of ether oxygens (including phenoxy) is 1. The minimum absolute atomic E-state index is 0.0247. The zero-order valence-electron chi connectivity index (χ0n) is 16.5. The average Bonchev–Trinajstić information content (AvgIpc) is 3.09. The van der Waals surface area contributed by atoms with Gasteiger partial charge in [0.05, 0.1) is 19.3 Å². The third kappa shape index (κ3) is 5.43. The van der Waals surface area contributed by atoms with Gasteiger partial charge in [0.15, 0.2) is 0 Å². The van der Waals surface area contributed by atoms with Gasteiger partial charge < -0.3 is 15.0 Å². The van der Waals surface area contributed by atoms with E-state index in [0.29, 0.717) is 0 Å². The van der Waals surface area contributed by atoms with Crippen molar-refractivity contribution in [3.05, 3.63) is 34.7 Å².